The van der Waals surface area contributed by atoms with Gasteiger partial charge in [0, 0.05) is 11.4 Å². The molecular formula is C11H15N5O3S. The molecule has 8 nitrogen and oxygen atoms in total. The highest BCUT2D eigenvalue weighted by atomic mass is 32.2. The van der Waals surface area contributed by atoms with Gasteiger partial charge >= 0.3 is 0 Å². The number of nitrogen functional groups attached to an aromatic ring is 1. The van der Waals surface area contributed by atoms with Crippen LogP contribution in [0.2, 0.25) is 0 Å². The van der Waals surface area contributed by atoms with Crippen LogP contribution in [0.1, 0.15) is 17.3 Å². The zero-order valence-corrected chi connectivity index (χ0v) is 11.9. The number of primary sulfonamides is 1. The molecule has 20 heavy (non-hydrogen) atoms. The molecule has 1 heterocycles. The molecule has 0 amide bonds. The van der Waals surface area contributed by atoms with E-state index in [0.29, 0.717) is 28.7 Å². The number of nitrogens with two attached hydrogens (primary N) is 2. The number of nitrogens with one attached hydrogen (secondary N) is 1. The first-order chi connectivity index (χ1) is 9.27. The van der Waals surface area contributed by atoms with E-state index in [1.807, 2.05) is 0 Å². The third-order valence-corrected chi connectivity index (χ3v) is 3.73. The predicted molar refractivity (Wildman–Crippen MR) is 73.3 cm³/mol. The second kappa shape index (κ2) is 5.10. The van der Waals surface area contributed by atoms with Gasteiger partial charge < -0.3 is 15.6 Å². The number of hydrogen-bond donors (Lipinski definition) is 3. The van der Waals surface area contributed by atoms with Gasteiger partial charge in [0.25, 0.3) is 0 Å². The second-order valence-electron chi connectivity index (χ2n) is 4.33. The minimum absolute atomic E-state index is 0.0123. The van der Waals surface area contributed by atoms with Crippen molar-refractivity contribution in [3.8, 4) is 0 Å². The van der Waals surface area contributed by atoms with Crippen LogP contribution in [0, 0.1) is 13.8 Å². The molecule has 1 aromatic carbocycles. The van der Waals surface area contributed by atoms with Crippen LogP contribution in [-0.2, 0) is 16.6 Å². The van der Waals surface area contributed by atoms with Gasteiger partial charge in [-0.1, -0.05) is 5.16 Å². The molecule has 1 aromatic heterocycles. The Morgan fingerprint density at radius 1 is 1.35 bits per heavy atom. The van der Waals surface area contributed by atoms with E-state index >= 15 is 0 Å². The normalized spacial score (nSPS) is 11.6. The van der Waals surface area contributed by atoms with Crippen molar-refractivity contribution in [1.29, 1.82) is 0 Å². The monoisotopic (exact) mass is 297 g/mol. The third kappa shape index (κ3) is 3.06. The molecule has 0 atom stereocenters. The van der Waals surface area contributed by atoms with Crippen LogP contribution in [0.15, 0.2) is 21.6 Å². The van der Waals surface area contributed by atoms with E-state index in [2.05, 4.69) is 15.5 Å². The van der Waals surface area contributed by atoms with Crippen LogP contribution in [-0.4, -0.2) is 18.6 Å². The van der Waals surface area contributed by atoms with Gasteiger partial charge in [-0.05, 0) is 31.5 Å². The molecule has 0 aliphatic heterocycles. The van der Waals surface area contributed by atoms with Crippen molar-refractivity contribution in [2.45, 2.75) is 25.3 Å². The van der Waals surface area contributed by atoms with Crippen molar-refractivity contribution in [1.82, 2.24) is 10.1 Å². The summed E-state index contributed by atoms with van der Waals surface area (Å²) in [4.78, 5) is 4.02. The SMILES string of the molecule is Cc1noc(CNc2cc(N)cc(S(N)(=O)=O)c2C)n1. The molecule has 0 saturated heterocycles. The number of nitrogens with zero attached hydrogens (tertiary/aromatic N) is 2. The number of rotatable bonds is 4. The first-order valence-electron chi connectivity index (χ1n) is 5.73. The van der Waals surface area contributed by atoms with Crippen LogP contribution in [0.5, 0.6) is 0 Å². The molecule has 2 aromatic rings. The molecule has 5 N–H and O–H groups in total. The van der Waals surface area contributed by atoms with Gasteiger partial charge in [0.15, 0.2) is 5.82 Å². The second-order valence-corrected chi connectivity index (χ2v) is 5.86. The van der Waals surface area contributed by atoms with Crippen molar-refractivity contribution in [2.75, 3.05) is 11.1 Å². The molecule has 0 saturated carbocycles. The summed E-state index contributed by atoms with van der Waals surface area (Å²) < 4.78 is 27.9. The summed E-state index contributed by atoms with van der Waals surface area (Å²) in [6.07, 6.45) is 0. The highest BCUT2D eigenvalue weighted by Crippen LogP contribution is 2.26. The quantitative estimate of drug-likeness (QED) is 0.700. The zero-order valence-electron chi connectivity index (χ0n) is 11.0. The summed E-state index contributed by atoms with van der Waals surface area (Å²) in [5, 5.41) is 11.8. The number of benzene rings is 1. The van der Waals surface area contributed by atoms with Gasteiger partial charge in [0.05, 0.1) is 11.4 Å². The van der Waals surface area contributed by atoms with E-state index in [4.69, 9.17) is 15.4 Å². The van der Waals surface area contributed by atoms with Crippen molar-refractivity contribution in [3.63, 3.8) is 0 Å². The molecule has 0 aliphatic carbocycles. The van der Waals surface area contributed by atoms with Gasteiger partial charge in [0.1, 0.15) is 0 Å². The Balaban J connectivity index is 2.30. The summed E-state index contributed by atoms with van der Waals surface area (Å²) in [6, 6.07) is 2.94. The highest BCUT2D eigenvalue weighted by molar-refractivity contribution is 7.89. The van der Waals surface area contributed by atoms with Gasteiger partial charge in [-0.2, -0.15) is 4.98 Å². The minimum Gasteiger partial charge on any atom is -0.399 e. The molecule has 0 radical (unpaired) electrons. The number of sulfonamides is 1. The topological polar surface area (TPSA) is 137 Å². The summed E-state index contributed by atoms with van der Waals surface area (Å²) in [7, 11) is -3.83. The summed E-state index contributed by atoms with van der Waals surface area (Å²) in [6.45, 7) is 3.60. The first kappa shape index (κ1) is 14.3. The standard InChI is InChI=1S/C11H15N5O3S/c1-6-9(14-5-11-15-7(2)16-19-11)3-8(12)4-10(6)20(13,17)18/h3-4,14H,5,12H2,1-2H3,(H2,13,17,18). The Labute approximate surface area is 116 Å². The van der Waals surface area contributed by atoms with E-state index < -0.39 is 10.0 Å². The third-order valence-electron chi connectivity index (χ3n) is 2.69. The maximum absolute atomic E-state index is 11.5. The molecule has 0 unspecified atom stereocenters. The lowest BCUT2D eigenvalue weighted by Crippen LogP contribution is -2.15. The lowest BCUT2D eigenvalue weighted by atomic mass is 10.2. The Morgan fingerprint density at radius 2 is 2.05 bits per heavy atom. The van der Waals surface area contributed by atoms with E-state index in [9.17, 15) is 8.42 Å². The average Bonchev–Trinajstić information content (AvgIpc) is 2.74. The fraction of sp³-hybridized carbons (Fsp3) is 0.273. The van der Waals surface area contributed by atoms with E-state index in [1.165, 1.54) is 6.07 Å². The van der Waals surface area contributed by atoms with Crippen LogP contribution >= 0.6 is 0 Å². The van der Waals surface area contributed by atoms with Crippen molar-refractivity contribution in [3.05, 3.63) is 29.4 Å². The molecule has 9 heteroatoms. The van der Waals surface area contributed by atoms with E-state index in [1.54, 1.807) is 19.9 Å². The highest BCUT2D eigenvalue weighted by Gasteiger charge is 2.16. The maximum Gasteiger partial charge on any atom is 0.245 e. The molecule has 0 bridgehead atoms. The molecule has 0 spiro atoms. The fourth-order valence-corrected chi connectivity index (χ4v) is 2.61. The predicted octanol–water partition coefficient (Wildman–Crippen LogP) is 0.528. The average molecular weight is 297 g/mol. The molecule has 108 valence electrons. The summed E-state index contributed by atoms with van der Waals surface area (Å²) in [5.74, 6) is 0.915. The Morgan fingerprint density at radius 3 is 2.60 bits per heavy atom. The Bertz CT molecular complexity index is 739. The zero-order chi connectivity index (χ0) is 14.9. The number of aromatic nitrogens is 2. The Kier molecular flexibility index (Phi) is 3.64. The lowest BCUT2D eigenvalue weighted by Gasteiger charge is -2.12. The fourth-order valence-electron chi connectivity index (χ4n) is 1.77. The number of hydrogen-bond acceptors (Lipinski definition) is 7. The van der Waals surface area contributed by atoms with Gasteiger partial charge in [0.2, 0.25) is 15.9 Å². The summed E-state index contributed by atoms with van der Waals surface area (Å²) >= 11 is 0. The van der Waals surface area contributed by atoms with Gasteiger partial charge in [-0.3, -0.25) is 0 Å². The van der Waals surface area contributed by atoms with Crippen molar-refractivity contribution in [2.24, 2.45) is 5.14 Å². The van der Waals surface area contributed by atoms with Crippen LogP contribution in [0.25, 0.3) is 0 Å². The molecule has 2 rings (SSSR count). The molecular weight excluding hydrogens is 282 g/mol. The van der Waals surface area contributed by atoms with Crippen LogP contribution in [0.4, 0.5) is 11.4 Å². The first-order valence-corrected chi connectivity index (χ1v) is 7.28. The number of aryl methyl sites for hydroxylation is 1. The molecule has 0 fully saturated rings. The van der Waals surface area contributed by atoms with E-state index in [-0.39, 0.29) is 11.4 Å². The van der Waals surface area contributed by atoms with Crippen molar-refractivity contribution < 1.29 is 12.9 Å². The Hall–Kier alpha value is -2.13. The smallest absolute Gasteiger partial charge is 0.245 e. The van der Waals surface area contributed by atoms with Gasteiger partial charge in [-0.15, -0.1) is 0 Å². The summed E-state index contributed by atoms with van der Waals surface area (Å²) in [5.41, 5.74) is 7.01. The van der Waals surface area contributed by atoms with E-state index in [0.717, 1.165) is 0 Å². The van der Waals surface area contributed by atoms with Crippen LogP contribution < -0.4 is 16.2 Å². The lowest BCUT2D eigenvalue weighted by molar-refractivity contribution is 0.379. The van der Waals surface area contributed by atoms with Crippen molar-refractivity contribution >= 4 is 21.4 Å². The van der Waals surface area contributed by atoms with Gasteiger partial charge in [-0.25, -0.2) is 13.6 Å². The largest absolute Gasteiger partial charge is 0.399 e. The number of anilines is 2. The minimum atomic E-state index is -3.83. The van der Waals surface area contributed by atoms with Crippen LogP contribution in [0.3, 0.4) is 0 Å². The maximum atomic E-state index is 11.5. The molecule has 0 aliphatic rings.